The lowest BCUT2D eigenvalue weighted by Gasteiger charge is -2.26. The van der Waals surface area contributed by atoms with Crippen molar-refractivity contribution in [3.63, 3.8) is 0 Å². The highest BCUT2D eigenvalue weighted by Gasteiger charge is 2.22. The number of aliphatic hydroxyl groups excluding tert-OH is 1. The minimum atomic E-state index is -0.490. The first-order chi connectivity index (χ1) is 7.60. The van der Waals surface area contributed by atoms with Gasteiger partial charge in [0.05, 0.1) is 13.2 Å². The Balaban J connectivity index is 2.82. The van der Waals surface area contributed by atoms with Gasteiger partial charge < -0.3 is 15.2 Å². The van der Waals surface area contributed by atoms with E-state index in [1.54, 1.807) is 7.11 Å². The van der Waals surface area contributed by atoms with Crippen LogP contribution in [0.5, 0.6) is 5.75 Å². The van der Waals surface area contributed by atoms with Gasteiger partial charge in [-0.25, -0.2) is 0 Å². The number of aliphatic hydroxyl groups is 1. The Morgan fingerprint density at radius 3 is 2.12 bits per heavy atom. The molecular formula is C13H21NO2. The van der Waals surface area contributed by atoms with Gasteiger partial charge in [-0.1, -0.05) is 26.0 Å². The molecule has 1 aromatic carbocycles. The third kappa shape index (κ3) is 2.97. The van der Waals surface area contributed by atoms with Crippen LogP contribution in [-0.2, 0) is 0 Å². The molecule has 3 nitrogen and oxygen atoms in total. The molecule has 2 atom stereocenters. The molecular weight excluding hydrogens is 202 g/mol. The molecule has 0 bridgehead atoms. The van der Waals surface area contributed by atoms with E-state index in [0.717, 1.165) is 11.3 Å². The summed E-state index contributed by atoms with van der Waals surface area (Å²) in [5.74, 6) is 1.18. The fourth-order valence-electron chi connectivity index (χ4n) is 1.86. The molecule has 0 aliphatic rings. The van der Waals surface area contributed by atoms with E-state index < -0.39 is 6.10 Å². The van der Waals surface area contributed by atoms with Crippen LogP contribution in [0.2, 0.25) is 0 Å². The van der Waals surface area contributed by atoms with E-state index in [0.29, 0.717) is 5.92 Å². The average Bonchev–Trinajstić information content (AvgIpc) is 2.29. The maximum absolute atomic E-state index is 10.2. The zero-order chi connectivity index (χ0) is 12.1. The van der Waals surface area contributed by atoms with Crippen LogP contribution in [0.1, 0.15) is 25.5 Å². The second kappa shape index (κ2) is 5.87. The molecule has 2 unspecified atom stereocenters. The fraction of sp³-hybridized carbons (Fsp3) is 0.538. The predicted molar refractivity (Wildman–Crippen MR) is 65.6 cm³/mol. The number of ether oxygens (including phenoxy) is 1. The number of hydrogen-bond acceptors (Lipinski definition) is 3. The van der Waals surface area contributed by atoms with Crippen LogP contribution >= 0.6 is 0 Å². The normalized spacial score (nSPS) is 14.9. The molecule has 0 aliphatic carbocycles. The molecule has 0 fully saturated rings. The number of benzene rings is 1. The van der Waals surface area contributed by atoms with E-state index in [9.17, 15) is 5.11 Å². The maximum Gasteiger partial charge on any atom is 0.118 e. The molecule has 0 amide bonds. The Bertz CT molecular complexity index is 308. The molecule has 0 spiro atoms. The molecule has 90 valence electrons. The molecule has 1 rings (SSSR count). The first-order valence-electron chi connectivity index (χ1n) is 5.59. The largest absolute Gasteiger partial charge is 0.497 e. The standard InChI is InChI=1S/C13H21NO2/c1-9(2)12(14-3)13(15)10-5-7-11(16-4)8-6-10/h5-9,12-15H,1-4H3. The van der Waals surface area contributed by atoms with E-state index in [1.807, 2.05) is 31.3 Å². The lowest BCUT2D eigenvalue weighted by Crippen LogP contribution is -2.36. The van der Waals surface area contributed by atoms with Crippen LogP contribution in [0.15, 0.2) is 24.3 Å². The lowest BCUT2D eigenvalue weighted by molar-refractivity contribution is 0.110. The fourth-order valence-corrected chi connectivity index (χ4v) is 1.86. The van der Waals surface area contributed by atoms with E-state index in [2.05, 4.69) is 19.2 Å². The lowest BCUT2D eigenvalue weighted by atomic mass is 9.93. The molecule has 0 heterocycles. The summed E-state index contributed by atoms with van der Waals surface area (Å²) in [5.41, 5.74) is 0.911. The van der Waals surface area contributed by atoms with Crippen molar-refractivity contribution in [3.8, 4) is 5.75 Å². The number of hydrogen-bond donors (Lipinski definition) is 2. The summed E-state index contributed by atoms with van der Waals surface area (Å²) in [4.78, 5) is 0. The minimum Gasteiger partial charge on any atom is -0.497 e. The summed E-state index contributed by atoms with van der Waals surface area (Å²) in [6, 6.07) is 7.59. The number of methoxy groups -OCH3 is 1. The summed E-state index contributed by atoms with van der Waals surface area (Å²) in [7, 11) is 3.51. The molecule has 3 heteroatoms. The van der Waals surface area contributed by atoms with Crippen molar-refractivity contribution >= 4 is 0 Å². The predicted octanol–water partition coefficient (Wildman–Crippen LogP) is 1.97. The van der Waals surface area contributed by atoms with Crippen molar-refractivity contribution in [2.24, 2.45) is 5.92 Å². The topological polar surface area (TPSA) is 41.5 Å². The third-order valence-corrected chi connectivity index (χ3v) is 2.85. The van der Waals surface area contributed by atoms with Crippen molar-refractivity contribution in [3.05, 3.63) is 29.8 Å². The average molecular weight is 223 g/mol. The van der Waals surface area contributed by atoms with Gasteiger partial charge in [0.1, 0.15) is 5.75 Å². The number of likely N-dealkylation sites (N-methyl/N-ethyl adjacent to an activating group) is 1. The molecule has 16 heavy (non-hydrogen) atoms. The van der Waals surface area contributed by atoms with Crippen LogP contribution in [0.3, 0.4) is 0 Å². The second-order valence-corrected chi connectivity index (χ2v) is 4.28. The van der Waals surface area contributed by atoms with Crippen molar-refractivity contribution in [2.45, 2.75) is 26.0 Å². The molecule has 1 aromatic rings. The molecule has 0 saturated carbocycles. The van der Waals surface area contributed by atoms with Crippen molar-refractivity contribution in [1.82, 2.24) is 5.32 Å². The molecule has 0 aliphatic heterocycles. The van der Waals surface area contributed by atoms with Gasteiger partial charge in [-0.15, -0.1) is 0 Å². The highest BCUT2D eigenvalue weighted by Crippen LogP contribution is 2.23. The van der Waals surface area contributed by atoms with Crippen molar-refractivity contribution < 1.29 is 9.84 Å². The highest BCUT2D eigenvalue weighted by molar-refractivity contribution is 5.29. The summed E-state index contributed by atoms with van der Waals surface area (Å²) in [6.07, 6.45) is -0.490. The van der Waals surface area contributed by atoms with Gasteiger partial charge in [0, 0.05) is 6.04 Å². The Morgan fingerprint density at radius 1 is 1.19 bits per heavy atom. The molecule has 0 saturated heterocycles. The number of nitrogens with one attached hydrogen (secondary N) is 1. The van der Waals surface area contributed by atoms with Gasteiger partial charge in [0.25, 0.3) is 0 Å². The number of rotatable bonds is 5. The maximum atomic E-state index is 10.2. The molecule has 2 N–H and O–H groups in total. The highest BCUT2D eigenvalue weighted by atomic mass is 16.5. The van der Waals surface area contributed by atoms with Gasteiger partial charge in [0.15, 0.2) is 0 Å². The quantitative estimate of drug-likeness (QED) is 0.802. The zero-order valence-corrected chi connectivity index (χ0v) is 10.4. The van der Waals surface area contributed by atoms with E-state index in [1.165, 1.54) is 0 Å². The smallest absolute Gasteiger partial charge is 0.118 e. The Hall–Kier alpha value is -1.06. The molecule has 0 aromatic heterocycles. The second-order valence-electron chi connectivity index (χ2n) is 4.28. The van der Waals surface area contributed by atoms with E-state index in [4.69, 9.17) is 4.74 Å². The third-order valence-electron chi connectivity index (χ3n) is 2.85. The Labute approximate surface area is 97.4 Å². The first-order valence-corrected chi connectivity index (χ1v) is 5.59. The van der Waals surface area contributed by atoms with Crippen molar-refractivity contribution in [1.29, 1.82) is 0 Å². The van der Waals surface area contributed by atoms with Gasteiger partial charge in [-0.2, -0.15) is 0 Å². The Morgan fingerprint density at radius 2 is 1.75 bits per heavy atom. The van der Waals surface area contributed by atoms with Gasteiger partial charge in [-0.3, -0.25) is 0 Å². The van der Waals surface area contributed by atoms with Crippen LogP contribution in [-0.4, -0.2) is 25.3 Å². The summed E-state index contributed by atoms with van der Waals surface area (Å²) in [5, 5.41) is 13.4. The van der Waals surface area contributed by atoms with Crippen molar-refractivity contribution in [2.75, 3.05) is 14.2 Å². The van der Waals surface area contributed by atoms with Gasteiger partial charge in [-0.05, 0) is 30.7 Å². The summed E-state index contributed by atoms with van der Waals surface area (Å²) in [6.45, 7) is 4.18. The zero-order valence-electron chi connectivity index (χ0n) is 10.4. The summed E-state index contributed by atoms with van der Waals surface area (Å²) < 4.78 is 5.09. The van der Waals surface area contributed by atoms with Gasteiger partial charge in [0.2, 0.25) is 0 Å². The Kier molecular flexibility index (Phi) is 4.77. The van der Waals surface area contributed by atoms with Crippen LogP contribution in [0, 0.1) is 5.92 Å². The van der Waals surface area contributed by atoms with E-state index >= 15 is 0 Å². The van der Waals surface area contributed by atoms with Crippen LogP contribution < -0.4 is 10.1 Å². The van der Waals surface area contributed by atoms with E-state index in [-0.39, 0.29) is 6.04 Å². The monoisotopic (exact) mass is 223 g/mol. The minimum absolute atomic E-state index is 0.0633. The van der Waals surface area contributed by atoms with Gasteiger partial charge >= 0.3 is 0 Å². The summed E-state index contributed by atoms with van der Waals surface area (Å²) >= 11 is 0. The SMILES string of the molecule is CNC(C(C)C)C(O)c1ccc(OC)cc1. The molecule has 0 radical (unpaired) electrons. The van der Waals surface area contributed by atoms with Crippen LogP contribution in [0.4, 0.5) is 0 Å². The first kappa shape index (κ1) is 13.0. The van der Waals surface area contributed by atoms with Crippen LogP contribution in [0.25, 0.3) is 0 Å².